The summed E-state index contributed by atoms with van der Waals surface area (Å²) in [5.41, 5.74) is -0.114. The van der Waals surface area contributed by atoms with Crippen LogP contribution in [0.25, 0.3) is 0 Å². The van der Waals surface area contributed by atoms with Gasteiger partial charge < -0.3 is 4.74 Å². The molecule has 1 heterocycles. The topological polar surface area (TPSA) is 61.2 Å². The molecule has 0 unspecified atom stereocenters. The summed E-state index contributed by atoms with van der Waals surface area (Å²) in [7, 11) is 1.48. The van der Waals surface area contributed by atoms with Crippen LogP contribution < -0.4 is 5.56 Å². The van der Waals surface area contributed by atoms with Crippen molar-refractivity contribution in [3.05, 3.63) is 28.2 Å². The van der Waals surface area contributed by atoms with E-state index in [1.165, 1.54) is 19.2 Å². The molecular weight excluding hydrogens is 172 g/mol. The molecule has 1 aromatic rings. The van der Waals surface area contributed by atoms with Crippen LogP contribution in [-0.2, 0) is 11.8 Å². The smallest absolute Gasteiger partial charge is 0.358 e. The van der Waals surface area contributed by atoms with Crippen LogP contribution in [0.15, 0.2) is 16.9 Å². The quantitative estimate of drug-likeness (QED) is 0.602. The van der Waals surface area contributed by atoms with Crippen molar-refractivity contribution in [2.75, 3.05) is 6.61 Å². The first-order valence-corrected chi connectivity index (χ1v) is 3.86. The maximum atomic E-state index is 11.1. The SMILES string of the molecule is CCOC(=O)c1ccc(=O)n(C)n1. The van der Waals surface area contributed by atoms with Crippen LogP contribution in [0.4, 0.5) is 0 Å². The fourth-order valence-corrected chi connectivity index (χ4v) is 0.816. The third kappa shape index (κ3) is 2.14. The second-order valence-corrected chi connectivity index (χ2v) is 2.40. The molecule has 0 spiro atoms. The zero-order valence-corrected chi connectivity index (χ0v) is 7.48. The van der Waals surface area contributed by atoms with Crippen LogP contribution in [0.5, 0.6) is 0 Å². The normalized spacial score (nSPS) is 9.69. The first-order valence-electron chi connectivity index (χ1n) is 3.86. The van der Waals surface area contributed by atoms with Gasteiger partial charge in [-0.1, -0.05) is 0 Å². The van der Waals surface area contributed by atoms with Gasteiger partial charge in [-0.15, -0.1) is 0 Å². The average molecular weight is 182 g/mol. The molecule has 70 valence electrons. The van der Waals surface area contributed by atoms with Crippen molar-refractivity contribution < 1.29 is 9.53 Å². The summed E-state index contributed by atoms with van der Waals surface area (Å²) in [6.45, 7) is 2.00. The molecule has 0 atom stereocenters. The molecule has 13 heavy (non-hydrogen) atoms. The Kier molecular flexibility index (Phi) is 2.79. The van der Waals surface area contributed by atoms with Gasteiger partial charge in [0.05, 0.1) is 6.61 Å². The predicted octanol–water partition coefficient (Wildman–Crippen LogP) is -0.0430. The molecule has 5 heteroatoms. The van der Waals surface area contributed by atoms with Crippen molar-refractivity contribution in [1.82, 2.24) is 9.78 Å². The minimum absolute atomic E-state index is 0.143. The van der Waals surface area contributed by atoms with Gasteiger partial charge in [-0.3, -0.25) is 4.79 Å². The van der Waals surface area contributed by atoms with Crippen LogP contribution in [0.2, 0.25) is 0 Å². The van der Waals surface area contributed by atoms with E-state index in [-0.39, 0.29) is 11.3 Å². The van der Waals surface area contributed by atoms with Gasteiger partial charge in [0.25, 0.3) is 5.56 Å². The highest BCUT2D eigenvalue weighted by atomic mass is 16.5. The third-order valence-corrected chi connectivity index (χ3v) is 1.45. The highest BCUT2D eigenvalue weighted by molar-refractivity contribution is 5.86. The summed E-state index contributed by atoms with van der Waals surface area (Å²) >= 11 is 0. The summed E-state index contributed by atoms with van der Waals surface area (Å²) in [6.07, 6.45) is 0. The summed E-state index contributed by atoms with van der Waals surface area (Å²) in [5, 5.41) is 3.72. The number of nitrogens with zero attached hydrogens (tertiary/aromatic N) is 2. The number of hydrogen-bond donors (Lipinski definition) is 0. The average Bonchev–Trinajstić information content (AvgIpc) is 2.10. The van der Waals surface area contributed by atoms with Crippen molar-refractivity contribution in [3.8, 4) is 0 Å². The first kappa shape index (κ1) is 9.44. The van der Waals surface area contributed by atoms with Crippen molar-refractivity contribution in [2.45, 2.75) is 6.92 Å². The molecule has 0 aliphatic rings. The largest absolute Gasteiger partial charge is 0.461 e. The summed E-state index contributed by atoms with van der Waals surface area (Å²) in [6, 6.07) is 2.62. The molecule has 0 aliphatic heterocycles. The minimum Gasteiger partial charge on any atom is -0.461 e. The van der Waals surface area contributed by atoms with E-state index in [4.69, 9.17) is 4.74 Å². The lowest BCUT2D eigenvalue weighted by Gasteiger charge is -2.01. The molecular formula is C8H10N2O3. The van der Waals surface area contributed by atoms with Gasteiger partial charge >= 0.3 is 5.97 Å². The van der Waals surface area contributed by atoms with Crippen LogP contribution in [0, 0.1) is 0 Å². The number of esters is 1. The first-order chi connectivity index (χ1) is 6.15. The molecule has 0 amide bonds. The summed E-state index contributed by atoms with van der Waals surface area (Å²) in [5.74, 6) is -0.516. The second-order valence-electron chi connectivity index (χ2n) is 2.40. The van der Waals surface area contributed by atoms with Gasteiger partial charge in [0.15, 0.2) is 5.69 Å². The number of aromatic nitrogens is 2. The van der Waals surface area contributed by atoms with E-state index in [9.17, 15) is 9.59 Å². The maximum Gasteiger partial charge on any atom is 0.358 e. The van der Waals surface area contributed by atoms with E-state index in [1.807, 2.05) is 0 Å². The number of carbonyl (C=O) groups excluding carboxylic acids is 1. The van der Waals surface area contributed by atoms with Crippen molar-refractivity contribution in [2.24, 2.45) is 7.05 Å². The van der Waals surface area contributed by atoms with Gasteiger partial charge in [0.1, 0.15) is 0 Å². The molecule has 0 aromatic carbocycles. The molecule has 0 N–H and O–H groups in total. The molecule has 0 saturated heterocycles. The Balaban J connectivity index is 2.97. The lowest BCUT2D eigenvalue weighted by atomic mass is 10.4. The Morgan fingerprint density at radius 2 is 2.31 bits per heavy atom. The standard InChI is InChI=1S/C8H10N2O3/c1-3-13-8(12)6-4-5-7(11)10(2)9-6/h4-5H,3H2,1-2H3. The van der Waals surface area contributed by atoms with Gasteiger partial charge in [0.2, 0.25) is 0 Å². The van der Waals surface area contributed by atoms with E-state index in [1.54, 1.807) is 6.92 Å². The zero-order valence-electron chi connectivity index (χ0n) is 7.48. The van der Waals surface area contributed by atoms with Crippen molar-refractivity contribution in [3.63, 3.8) is 0 Å². The van der Waals surface area contributed by atoms with Gasteiger partial charge in [-0.2, -0.15) is 5.10 Å². The molecule has 0 aliphatic carbocycles. The monoisotopic (exact) mass is 182 g/mol. The second kappa shape index (κ2) is 3.84. The van der Waals surface area contributed by atoms with Crippen LogP contribution in [0.1, 0.15) is 17.4 Å². The Morgan fingerprint density at radius 3 is 2.85 bits per heavy atom. The van der Waals surface area contributed by atoms with Crippen LogP contribution in [0.3, 0.4) is 0 Å². The number of rotatable bonds is 2. The van der Waals surface area contributed by atoms with E-state index in [0.717, 1.165) is 4.68 Å². The molecule has 1 aromatic heterocycles. The number of aryl methyl sites for hydroxylation is 1. The van der Waals surface area contributed by atoms with Crippen molar-refractivity contribution in [1.29, 1.82) is 0 Å². The van der Waals surface area contributed by atoms with Crippen molar-refractivity contribution >= 4 is 5.97 Å². The zero-order chi connectivity index (χ0) is 9.84. The van der Waals surface area contributed by atoms with Gasteiger partial charge in [-0.25, -0.2) is 9.48 Å². The maximum absolute atomic E-state index is 11.1. The Morgan fingerprint density at radius 1 is 1.62 bits per heavy atom. The molecule has 0 fully saturated rings. The Bertz CT molecular complexity index is 370. The number of ether oxygens (including phenoxy) is 1. The molecule has 0 saturated carbocycles. The number of carbonyl (C=O) groups is 1. The minimum atomic E-state index is -0.516. The van der Waals surface area contributed by atoms with Crippen LogP contribution >= 0.6 is 0 Å². The molecule has 0 radical (unpaired) electrons. The fourth-order valence-electron chi connectivity index (χ4n) is 0.816. The number of hydrogen-bond acceptors (Lipinski definition) is 4. The highest BCUT2D eigenvalue weighted by Crippen LogP contribution is 1.93. The summed E-state index contributed by atoms with van der Waals surface area (Å²) in [4.78, 5) is 22.0. The van der Waals surface area contributed by atoms with Gasteiger partial charge in [-0.05, 0) is 13.0 Å². The Labute approximate surface area is 74.9 Å². The lowest BCUT2D eigenvalue weighted by molar-refractivity contribution is 0.0516. The fraction of sp³-hybridized carbons (Fsp3) is 0.375. The molecule has 0 bridgehead atoms. The highest BCUT2D eigenvalue weighted by Gasteiger charge is 2.08. The van der Waals surface area contributed by atoms with Gasteiger partial charge in [0, 0.05) is 13.1 Å². The lowest BCUT2D eigenvalue weighted by Crippen LogP contribution is -2.21. The molecule has 1 rings (SSSR count). The summed E-state index contributed by atoms with van der Waals surface area (Å²) < 4.78 is 5.80. The molecule has 5 nitrogen and oxygen atoms in total. The van der Waals surface area contributed by atoms with E-state index in [2.05, 4.69) is 5.10 Å². The van der Waals surface area contributed by atoms with E-state index in [0.29, 0.717) is 6.61 Å². The predicted molar refractivity (Wildman–Crippen MR) is 45.4 cm³/mol. The van der Waals surface area contributed by atoms with E-state index >= 15 is 0 Å². The third-order valence-electron chi connectivity index (χ3n) is 1.45. The Hall–Kier alpha value is -1.65. The van der Waals surface area contributed by atoms with Crippen LogP contribution in [-0.4, -0.2) is 22.4 Å². The van der Waals surface area contributed by atoms with E-state index < -0.39 is 5.97 Å².